The molecule has 5 aromatic rings. The average molecular weight is 2000 g/mol. The summed E-state index contributed by atoms with van der Waals surface area (Å²) in [4.78, 5) is 297. The van der Waals surface area contributed by atoms with Crippen molar-refractivity contribution in [3.05, 3.63) is 102 Å². The number of hydrogen-bond acceptors (Lipinski definition) is 25. The molecule has 8 rings (SSSR count). The van der Waals surface area contributed by atoms with Crippen LogP contribution in [0.3, 0.4) is 0 Å². The second-order valence-electron chi connectivity index (χ2n) is 36.0. The van der Waals surface area contributed by atoms with Crippen LogP contribution in [0, 0.1) is 18.3 Å². The Labute approximate surface area is 823 Å². The van der Waals surface area contributed by atoms with E-state index in [9.17, 15) is 87.9 Å². The number of H-pyrrole nitrogens is 1. The molecule has 142 heavy (non-hydrogen) atoms. The predicted octanol–water partition coefficient (Wildman–Crippen LogP) is -3.31. The van der Waals surface area contributed by atoms with E-state index in [2.05, 4.69) is 69.4 Å². The molecule has 17 amide bonds. The minimum atomic E-state index is -1.90. The molecule has 3 aromatic carbocycles. The van der Waals surface area contributed by atoms with Gasteiger partial charge in [-0.1, -0.05) is 102 Å². The molecule has 2 aromatic heterocycles. The van der Waals surface area contributed by atoms with E-state index in [0.29, 0.717) is 63.1 Å². The number of carboxylic acid groups (broad SMARTS) is 3. The molecule has 0 radical (unpaired) electrons. The number of nitrogens with zero attached hydrogens (tertiary/aromatic N) is 6. The lowest BCUT2D eigenvalue weighted by Crippen LogP contribution is -2.62. The van der Waals surface area contributed by atoms with Gasteiger partial charge in [-0.2, -0.15) is 0 Å². The molecule has 0 aliphatic carbocycles. The fourth-order valence-corrected chi connectivity index (χ4v) is 18.1. The number of nitrogens with one attached hydrogen (secondary N) is 12. The van der Waals surface area contributed by atoms with Crippen molar-refractivity contribution < 1.29 is 121 Å². The number of carboxylic acids is 3. The van der Waals surface area contributed by atoms with Crippen molar-refractivity contribution >= 4 is 152 Å². The summed E-state index contributed by atoms with van der Waals surface area (Å²) in [5, 5.41) is 80.7. The first-order valence-electron chi connectivity index (χ1n) is 47.1. The van der Waals surface area contributed by atoms with Gasteiger partial charge in [0, 0.05) is 119 Å². The first-order chi connectivity index (χ1) is 67.4. The second-order valence-corrected chi connectivity index (χ2v) is 37.0. The SMILES string of the molecule is C#CC[C@H](NC(=O)CNC(=O)[C@@H]1CSCC(=O)N[C@@H](Cc2ccc(O)cc2)C(=O)N(C)[C@@H](C)C(=O)N[C@@H](CC(N)=O)C(=O)N2CCC[C@H]2C(=O)N[C@@H](CN)C(=O)N[C@@H](CC(C)C)C(=O)N2C[C@H](O)C[C@H]2C(=O)N[C@@H](Cc2c[nH]c3ccccc23)C(=O)N[C@@H](CCN)C(=O)N[C@@H](Cc2cn(CC(=O)O)c3ccccc23)C(=O)N(C)[C@@H](CCCC)C(=O)N(C)[C@@H](CCCC)C(=O)N[C@@H](CCC(=O)O)C(=O)N1)C(=O)O. The lowest BCUT2D eigenvalue weighted by Gasteiger charge is -2.36. The van der Waals surface area contributed by atoms with Gasteiger partial charge in [0.1, 0.15) is 103 Å². The smallest absolute Gasteiger partial charge is 0.327 e. The maximum atomic E-state index is 16.0. The topological polar surface area (TPSA) is 690 Å². The lowest BCUT2D eigenvalue weighted by atomic mass is 9.99. The van der Waals surface area contributed by atoms with Gasteiger partial charge in [-0.25, -0.2) is 4.79 Å². The maximum absolute atomic E-state index is 16.0. The first-order valence-corrected chi connectivity index (χ1v) is 48.2. The van der Waals surface area contributed by atoms with Crippen LogP contribution in [-0.4, -0.2) is 340 Å². The normalized spacial score (nSPS) is 24.2. The van der Waals surface area contributed by atoms with E-state index >= 15 is 33.6 Å². The number of aliphatic hydroxyl groups is 1. The number of carbonyl (C=O) groups is 20. The van der Waals surface area contributed by atoms with Gasteiger partial charge < -0.3 is 135 Å². The lowest BCUT2D eigenvalue weighted by molar-refractivity contribution is -0.149. The number of terminal acetylenes is 1. The van der Waals surface area contributed by atoms with Gasteiger partial charge in [0.05, 0.1) is 24.8 Å². The number of primary amides is 1. The van der Waals surface area contributed by atoms with Crippen LogP contribution in [0.2, 0.25) is 0 Å². The van der Waals surface area contributed by atoms with E-state index in [4.69, 9.17) is 23.6 Å². The number of aromatic hydroxyl groups is 1. The van der Waals surface area contributed by atoms with E-state index < -0.39 is 291 Å². The maximum Gasteiger partial charge on any atom is 0.327 e. The number of likely N-dealkylation sites (N-methyl/N-ethyl adjacent to an activating group) is 3. The standard InChI is InChI=1S/C95H131N21O25S/c1-10-13-24-72-87(132)104-61(32-33-79(122)123)83(128)110-70(82(127)100-45-77(120)101-63(20-12-3)95(140)141)49-142-50-78(121)102-66(38-53-28-30-56(117)31-29-53)90(135)111(7)52(6)81(126)106-68(42-76(98)119)92(137)115-36-19-27-73(115)88(133)109-69(43-97)86(131)107-65(37-51(4)5)93(138)116-47-57(118)41-75(116)89(134)105-64(39-54-44-99-60-23-17-15-21-58(54)60)85(130)103-62(34-35-96)84(129)108-67(91(136)113(9)74(25-14-11-2)94(139)112(72)8)40-55-46-114(48-80(124)125)71-26-18-16-22-59(55)71/h3,15-18,21-23,26,28-31,44,46,51-52,57,61-70,72-75,99,117-118H,10-11,13-14,19-20,24-25,27,32-43,45,47-50,96-97H2,1-2,4-9H3,(H2,98,119)(H,100,127)(H,101,120)(H,102,121)(H,103,130)(H,104,132)(H,105,134)(H,106,126)(H,107,131)(H,108,129)(H,109,133)(H,110,128)(H,122,123)(H,124,125)(H,140,141)/t52-,57+,61-,62-,63-,64-,65-,66-,67-,68-,69-,70-,72-,73-,74-,75-/m0/s1. The zero-order valence-corrected chi connectivity index (χ0v) is 81.4. The van der Waals surface area contributed by atoms with E-state index in [0.717, 1.165) is 31.5 Å². The Morgan fingerprint density at radius 1 is 0.585 bits per heavy atom. The number of aliphatic hydroxyl groups excluding tert-OH is 1. The highest BCUT2D eigenvalue weighted by Gasteiger charge is 2.47. The molecule has 772 valence electrons. The molecule has 23 N–H and O–H groups in total. The monoisotopic (exact) mass is 2000 g/mol. The van der Waals surface area contributed by atoms with Crippen LogP contribution in [0.25, 0.3) is 21.8 Å². The molecule has 3 saturated heterocycles. The summed E-state index contributed by atoms with van der Waals surface area (Å²) in [5.74, 6) is -21.5. The van der Waals surface area contributed by atoms with Gasteiger partial charge >= 0.3 is 17.9 Å². The molecular formula is C95H131N21O25S. The quantitative estimate of drug-likeness (QED) is 0.0200. The molecule has 46 nitrogen and oxygen atoms in total. The number of unbranched alkanes of at least 4 members (excludes halogenated alkanes) is 2. The number of fused-ring (bicyclic) bond motifs is 4. The number of nitrogens with two attached hydrogens (primary N) is 3. The third kappa shape index (κ3) is 31.6. The van der Waals surface area contributed by atoms with Crippen LogP contribution in [0.1, 0.15) is 148 Å². The largest absolute Gasteiger partial charge is 0.508 e. The van der Waals surface area contributed by atoms with Crippen molar-refractivity contribution in [3.63, 3.8) is 0 Å². The molecule has 0 saturated carbocycles. The van der Waals surface area contributed by atoms with Crippen molar-refractivity contribution in [2.75, 3.05) is 65.4 Å². The van der Waals surface area contributed by atoms with Gasteiger partial charge in [-0.15, -0.1) is 24.1 Å². The third-order valence-electron chi connectivity index (χ3n) is 25.0. The molecular weight excluding hydrogens is 1870 g/mol. The summed E-state index contributed by atoms with van der Waals surface area (Å²) in [5.41, 5.74) is 20.2. The molecule has 0 bridgehead atoms. The van der Waals surface area contributed by atoms with Crippen LogP contribution in [-0.2, 0) is 122 Å². The number of phenolic OH excluding ortho intramolecular Hbond substituents is 1. The van der Waals surface area contributed by atoms with Crippen molar-refractivity contribution in [2.45, 2.75) is 253 Å². The number of amides is 17. The number of para-hydroxylation sites is 2. The second kappa shape index (κ2) is 53.9. The molecule has 3 aliphatic heterocycles. The molecule has 0 unspecified atom stereocenters. The predicted molar refractivity (Wildman–Crippen MR) is 516 cm³/mol. The average Bonchev–Trinajstić information content (AvgIpc) is 1.63. The molecule has 3 fully saturated rings. The van der Waals surface area contributed by atoms with Crippen LogP contribution in [0.4, 0.5) is 0 Å². The highest BCUT2D eigenvalue weighted by Crippen LogP contribution is 2.29. The molecule has 5 heterocycles. The van der Waals surface area contributed by atoms with Crippen LogP contribution < -0.4 is 75.7 Å². The Hall–Kier alpha value is -14.3. The van der Waals surface area contributed by atoms with E-state index in [-0.39, 0.29) is 89.0 Å². The van der Waals surface area contributed by atoms with Crippen molar-refractivity contribution in [2.24, 2.45) is 23.1 Å². The summed E-state index contributed by atoms with van der Waals surface area (Å²) >= 11 is 0.632. The number of thioether (sulfide) groups is 1. The fourth-order valence-electron chi connectivity index (χ4n) is 17.2. The number of phenols is 1. The fraction of sp³-hybridized carbons (Fsp3) is 0.537. The number of rotatable bonds is 30. The van der Waals surface area contributed by atoms with Gasteiger partial charge in [-0.05, 0) is 105 Å². The van der Waals surface area contributed by atoms with Crippen LogP contribution in [0.15, 0.2) is 85.2 Å². The summed E-state index contributed by atoms with van der Waals surface area (Å²) in [7, 11) is 3.68. The van der Waals surface area contributed by atoms with Gasteiger partial charge in [0.2, 0.25) is 100 Å². The Bertz CT molecular complexity index is 5450. The van der Waals surface area contributed by atoms with Crippen molar-refractivity contribution in [1.82, 2.24) is 92.5 Å². The number of aromatic amines is 1. The first kappa shape index (κ1) is 113. The van der Waals surface area contributed by atoms with Gasteiger partial charge in [0.25, 0.3) is 0 Å². The van der Waals surface area contributed by atoms with Crippen molar-refractivity contribution in [3.8, 4) is 18.1 Å². The summed E-state index contributed by atoms with van der Waals surface area (Å²) in [6.07, 6.45) is 3.20. The van der Waals surface area contributed by atoms with E-state index in [1.165, 1.54) is 56.0 Å². The molecule has 0 spiro atoms. The van der Waals surface area contributed by atoms with Crippen LogP contribution >= 0.6 is 11.8 Å². The summed E-state index contributed by atoms with van der Waals surface area (Å²) in [6.45, 7) is 5.10. The molecule has 47 heteroatoms. The number of carbonyl (C=O) groups excluding carboxylic acids is 17. The molecule has 16 atom stereocenters. The number of aliphatic carboxylic acids is 3. The minimum Gasteiger partial charge on any atom is -0.508 e. The zero-order chi connectivity index (χ0) is 105. The Morgan fingerprint density at radius 2 is 1.15 bits per heavy atom. The third-order valence-corrected chi connectivity index (χ3v) is 26.0. The zero-order valence-electron chi connectivity index (χ0n) is 80.6. The molecule has 3 aliphatic rings. The summed E-state index contributed by atoms with van der Waals surface area (Å²) in [6, 6.07) is -5.78. The van der Waals surface area contributed by atoms with Gasteiger partial charge in [0.15, 0.2) is 0 Å². The number of hydrogen-bond donors (Lipinski definition) is 20. The summed E-state index contributed by atoms with van der Waals surface area (Å²) < 4.78 is 1.40. The van der Waals surface area contributed by atoms with Crippen molar-refractivity contribution in [1.29, 1.82) is 0 Å². The highest BCUT2D eigenvalue weighted by molar-refractivity contribution is 8.00. The Balaban J connectivity index is 1.23. The van der Waals surface area contributed by atoms with Gasteiger partial charge in [-0.3, -0.25) is 91.1 Å². The van der Waals surface area contributed by atoms with E-state index in [1.807, 2.05) is 0 Å². The number of aromatic nitrogens is 2. The van der Waals surface area contributed by atoms with Crippen LogP contribution in [0.5, 0.6) is 5.75 Å². The Morgan fingerprint density at radius 3 is 1.79 bits per heavy atom. The highest BCUT2D eigenvalue weighted by atomic mass is 32.2. The Kier molecular flexibility index (Phi) is 42.9. The minimum absolute atomic E-state index is 0.0510. The number of benzene rings is 3. The van der Waals surface area contributed by atoms with E-state index in [1.54, 1.807) is 82.4 Å².